The molecule has 0 aromatic carbocycles. The number of aliphatic hydroxyl groups excluding tert-OH is 2. The Morgan fingerprint density at radius 2 is 1.28 bits per heavy atom. The molecule has 0 amide bonds. The third-order valence-electron chi connectivity index (χ3n) is 5.04. The molecule has 0 saturated carbocycles. The van der Waals surface area contributed by atoms with Crippen molar-refractivity contribution >= 4 is 5.97 Å². The summed E-state index contributed by atoms with van der Waals surface area (Å²) in [5, 5.41) is 27.4. The molecule has 0 saturated heterocycles. The maximum absolute atomic E-state index is 10.6. The third-order valence-corrected chi connectivity index (χ3v) is 5.04. The average Bonchev–Trinajstić information content (AvgIpc) is 2.59. The molecule has 150 valence electrons. The van der Waals surface area contributed by atoms with E-state index in [1.807, 2.05) is 0 Å². The van der Waals surface area contributed by atoms with Gasteiger partial charge in [-0.3, -0.25) is 4.79 Å². The summed E-state index contributed by atoms with van der Waals surface area (Å²) in [6, 6.07) is 0. The zero-order chi connectivity index (χ0) is 18.8. The van der Waals surface area contributed by atoms with Crippen molar-refractivity contribution in [3.05, 3.63) is 0 Å². The number of carboxylic acids is 1. The van der Waals surface area contributed by atoms with Gasteiger partial charge in [0.1, 0.15) is 0 Å². The van der Waals surface area contributed by atoms with E-state index in [0.29, 0.717) is 18.8 Å². The minimum absolute atomic E-state index is 0.177. The zero-order valence-electron chi connectivity index (χ0n) is 16.4. The second kappa shape index (κ2) is 18.2. The minimum atomic E-state index is -0.735. The normalized spacial score (nSPS) is 13.7. The van der Waals surface area contributed by atoms with Crippen LogP contribution < -0.4 is 0 Å². The fraction of sp³-hybridized carbons (Fsp3) is 0.952. The molecular formula is C21H42O4. The lowest BCUT2D eigenvalue weighted by Gasteiger charge is -2.19. The number of carboxylic acid groups (broad SMARTS) is 1. The second-order valence-corrected chi connectivity index (χ2v) is 7.55. The topological polar surface area (TPSA) is 77.8 Å². The summed E-state index contributed by atoms with van der Waals surface area (Å²) in [7, 11) is 0. The van der Waals surface area contributed by atoms with Crippen molar-refractivity contribution < 1.29 is 20.1 Å². The first-order chi connectivity index (χ1) is 12.1. The monoisotopic (exact) mass is 358 g/mol. The summed E-state index contributed by atoms with van der Waals surface area (Å²) in [6.07, 6.45) is 17.1. The lowest BCUT2D eigenvalue weighted by atomic mass is 9.90. The first kappa shape index (κ1) is 24.4. The van der Waals surface area contributed by atoms with E-state index in [4.69, 9.17) is 10.2 Å². The third kappa shape index (κ3) is 18.0. The second-order valence-electron chi connectivity index (χ2n) is 7.55. The van der Waals surface area contributed by atoms with Crippen LogP contribution in [0.15, 0.2) is 0 Å². The molecule has 3 N–H and O–H groups in total. The highest BCUT2D eigenvalue weighted by Crippen LogP contribution is 2.23. The Hall–Kier alpha value is -0.610. The van der Waals surface area contributed by atoms with Gasteiger partial charge in [0.15, 0.2) is 0 Å². The van der Waals surface area contributed by atoms with Gasteiger partial charge in [0, 0.05) is 6.42 Å². The molecule has 0 aromatic rings. The van der Waals surface area contributed by atoms with E-state index in [9.17, 15) is 9.90 Å². The maximum atomic E-state index is 10.6. The summed E-state index contributed by atoms with van der Waals surface area (Å²) in [5.41, 5.74) is 0. The van der Waals surface area contributed by atoms with Crippen LogP contribution in [-0.4, -0.2) is 34.0 Å². The Balaban J connectivity index is 3.69. The lowest BCUT2D eigenvalue weighted by molar-refractivity contribution is -0.137. The van der Waals surface area contributed by atoms with Gasteiger partial charge in [0.05, 0.1) is 12.7 Å². The number of unbranched alkanes of at least 4 members (excludes halogenated alkanes) is 10. The number of hydrogen-bond acceptors (Lipinski definition) is 3. The molecule has 0 rings (SSSR count). The van der Waals surface area contributed by atoms with Crippen LogP contribution in [0.2, 0.25) is 0 Å². The Labute approximate surface area is 155 Å². The molecule has 25 heavy (non-hydrogen) atoms. The van der Waals surface area contributed by atoms with Gasteiger partial charge in [-0.15, -0.1) is 0 Å². The van der Waals surface area contributed by atoms with Gasteiger partial charge < -0.3 is 15.3 Å². The van der Waals surface area contributed by atoms with E-state index in [1.54, 1.807) is 0 Å². The molecule has 0 aliphatic heterocycles. The standard InChI is InChI=1S/C21H42O4/c1-2-3-4-5-6-7-8-9-10-11-14-19(17-20(23)18-22)15-12-13-16-21(24)25/h19-20,22-23H,2-18H2,1H3,(H,24,25). The van der Waals surface area contributed by atoms with Gasteiger partial charge in [-0.1, -0.05) is 90.4 Å². The van der Waals surface area contributed by atoms with Crippen LogP contribution in [0.25, 0.3) is 0 Å². The van der Waals surface area contributed by atoms with E-state index >= 15 is 0 Å². The van der Waals surface area contributed by atoms with Crippen molar-refractivity contribution in [1.29, 1.82) is 0 Å². The fourth-order valence-electron chi connectivity index (χ4n) is 3.47. The Bertz CT molecular complexity index is 294. The molecule has 0 aromatic heterocycles. The fourth-order valence-corrected chi connectivity index (χ4v) is 3.47. The molecule has 0 aliphatic carbocycles. The number of aliphatic hydroxyl groups is 2. The maximum Gasteiger partial charge on any atom is 0.303 e. The Morgan fingerprint density at radius 1 is 0.800 bits per heavy atom. The molecule has 0 spiro atoms. The first-order valence-electron chi connectivity index (χ1n) is 10.6. The van der Waals surface area contributed by atoms with Gasteiger partial charge in [-0.2, -0.15) is 0 Å². The van der Waals surface area contributed by atoms with Crippen LogP contribution in [0.4, 0.5) is 0 Å². The van der Waals surface area contributed by atoms with Crippen molar-refractivity contribution in [2.24, 2.45) is 5.92 Å². The van der Waals surface area contributed by atoms with Gasteiger partial charge in [0.2, 0.25) is 0 Å². The zero-order valence-corrected chi connectivity index (χ0v) is 16.4. The smallest absolute Gasteiger partial charge is 0.303 e. The van der Waals surface area contributed by atoms with E-state index in [1.165, 1.54) is 64.2 Å². The van der Waals surface area contributed by atoms with Crippen LogP contribution in [-0.2, 0) is 4.79 Å². The van der Waals surface area contributed by atoms with Gasteiger partial charge >= 0.3 is 5.97 Å². The van der Waals surface area contributed by atoms with Crippen LogP contribution in [0, 0.1) is 5.92 Å². The summed E-state index contributed by atoms with van der Waals surface area (Å²) < 4.78 is 0. The predicted octanol–water partition coefficient (Wildman–Crippen LogP) is 5.30. The lowest BCUT2D eigenvalue weighted by Crippen LogP contribution is -2.17. The van der Waals surface area contributed by atoms with E-state index < -0.39 is 12.1 Å². The Kier molecular flexibility index (Phi) is 17.7. The highest BCUT2D eigenvalue weighted by atomic mass is 16.4. The highest BCUT2D eigenvalue weighted by Gasteiger charge is 2.14. The minimum Gasteiger partial charge on any atom is -0.481 e. The molecule has 0 radical (unpaired) electrons. The number of carbonyl (C=O) groups is 1. The molecule has 0 bridgehead atoms. The van der Waals surface area contributed by atoms with Crippen LogP contribution in [0.3, 0.4) is 0 Å². The van der Waals surface area contributed by atoms with Crippen molar-refractivity contribution in [1.82, 2.24) is 0 Å². The van der Waals surface area contributed by atoms with Crippen molar-refractivity contribution in [2.75, 3.05) is 6.61 Å². The molecule has 0 heterocycles. The first-order valence-corrected chi connectivity index (χ1v) is 10.6. The molecule has 4 nitrogen and oxygen atoms in total. The largest absolute Gasteiger partial charge is 0.481 e. The summed E-state index contributed by atoms with van der Waals surface area (Å²) >= 11 is 0. The molecule has 0 aliphatic rings. The Morgan fingerprint density at radius 3 is 1.76 bits per heavy atom. The molecule has 0 fully saturated rings. The van der Waals surface area contributed by atoms with Gasteiger partial charge in [-0.05, 0) is 18.8 Å². The van der Waals surface area contributed by atoms with E-state index in [2.05, 4.69) is 6.92 Å². The summed E-state index contributed by atoms with van der Waals surface area (Å²) in [4.78, 5) is 10.6. The summed E-state index contributed by atoms with van der Waals surface area (Å²) in [5.74, 6) is -0.327. The van der Waals surface area contributed by atoms with Crippen LogP contribution in [0.5, 0.6) is 0 Å². The van der Waals surface area contributed by atoms with Gasteiger partial charge in [0.25, 0.3) is 0 Å². The highest BCUT2D eigenvalue weighted by molar-refractivity contribution is 5.66. The van der Waals surface area contributed by atoms with Crippen molar-refractivity contribution in [3.8, 4) is 0 Å². The van der Waals surface area contributed by atoms with Crippen LogP contribution >= 0.6 is 0 Å². The predicted molar refractivity (Wildman–Crippen MR) is 104 cm³/mol. The number of rotatable bonds is 19. The number of hydrogen-bond donors (Lipinski definition) is 3. The molecule has 4 heteroatoms. The molecule has 2 unspecified atom stereocenters. The van der Waals surface area contributed by atoms with Gasteiger partial charge in [-0.25, -0.2) is 0 Å². The summed E-state index contributed by atoms with van der Waals surface area (Å²) in [6.45, 7) is 2.07. The van der Waals surface area contributed by atoms with Crippen LogP contribution in [0.1, 0.15) is 110 Å². The average molecular weight is 359 g/mol. The van der Waals surface area contributed by atoms with Crippen molar-refractivity contribution in [2.45, 2.75) is 116 Å². The van der Waals surface area contributed by atoms with E-state index in [0.717, 1.165) is 19.3 Å². The molecular weight excluding hydrogens is 316 g/mol. The quantitative estimate of drug-likeness (QED) is 0.274. The SMILES string of the molecule is CCCCCCCCCCCCC(CCCCC(=O)O)CC(O)CO. The van der Waals surface area contributed by atoms with Crippen molar-refractivity contribution in [3.63, 3.8) is 0 Å². The number of aliphatic carboxylic acids is 1. The molecule has 2 atom stereocenters. The van der Waals surface area contributed by atoms with E-state index in [-0.39, 0.29) is 13.0 Å².